The van der Waals surface area contributed by atoms with E-state index in [9.17, 15) is 0 Å². The van der Waals surface area contributed by atoms with E-state index in [2.05, 4.69) is 61.7 Å². The molecule has 1 nitrogen and oxygen atoms in total. The van der Waals surface area contributed by atoms with Gasteiger partial charge in [0.15, 0.2) is 0 Å². The summed E-state index contributed by atoms with van der Waals surface area (Å²) < 4.78 is 11.3. The van der Waals surface area contributed by atoms with E-state index in [-0.39, 0.29) is 0 Å². The Hall–Kier alpha value is -3.58. The number of hydrogen-bond acceptors (Lipinski definition) is 3. The van der Waals surface area contributed by atoms with Crippen LogP contribution in [-0.4, -0.2) is 0 Å². The second-order valence-electron chi connectivity index (χ2n) is 7.75. The maximum absolute atomic E-state index is 5.84. The molecule has 2 aromatic heterocycles. The summed E-state index contributed by atoms with van der Waals surface area (Å²) in [5.74, 6) is 8.06. The summed E-state index contributed by atoms with van der Waals surface area (Å²) in [5, 5.41) is 2.68. The maximum atomic E-state index is 5.84. The Balaban J connectivity index is 1.40. The van der Waals surface area contributed by atoms with E-state index >= 15 is 0 Å². The zero-order valence-electron chi connectivity index (χ0n) is 18.5. The molecule has 160 valence electrons. The van der Waals surface area contributed by atoms with E-state index in [0.717, 1.165) is 16.9 Å². The van der Waals surface area contributed by atoms with Crippen LogP contribution in [0.15, 0.2) is 97.3 Å². The minimum Gasteiger partial charge on any atom is -0.457 e. The highest BCUT2D eigenvalue weighted by Gasteiger charge is 2.12. The maximum Gasteiger partial charge on any atom is 0.127 e. The van der Waals surface area contributed by atoms with Crippen LogP contribution in [0, 0.1) is 18.8 Å². The smallest absolute Gasteiger partial charge is 0.127 e. The highest BCUT2D eigenvalue weighted by molar-refractivity contribution is 7.36. The van der Waals surface area contributed by atoms with Gasteiger partial charge >= 0.3 is 0 Å². The highest BCUT2D eigenvalue weighted by Crippen LogP contribution is 2.44. The summed E-state index contributed by atoms with van der Waals surface area (Å²) in [4.78, 5) is 0. The summed E-state index contributed by atoms with van der Waals surface area (Å²) in [6, 6.07) is 21.1. The van der Waals surface area contributed by atoms with Gasteiger partial charge in [-0.2, -0.15) is 0 Å². The Labute approximate surface area is 202 Å². The Kier molecular flexibility index (Phi) is 5.88. The Morgan fingerprint density at radius 1 is 0.848 bits per heavy atom. The molecule has 0 atom stereocenters. The van der Waals surface area contributed by atoms with Crippen molar-refractivity contribution in [2.75, 3.05) is 0 Å². The molecule has 0 saturated carbocycles. The Morgan fingerprint density at radius 3 is 2.18 bits per heavy atom. The molecule has 5 aromatic rings. The number of ether oxygens (including phenoxy) is 1. The second kappa shape index (κ2) is 9.11. The summed E-state index contributed by atoms with van der Waals surface area (Å²) in [6.45, 7) is 7.91. The Morgan fingerprint density at radius 2 is 1.48 bits per heavy atom. The first kappa shape index (κ1) is 21.3. The summed E-state index contributed by atoms with van der Waals surface area (Å²) >= 11 is 3.75. The zero-order chi connectivity index (χ0) is 22.8. The van der Waals surface area contributed by atoms with Crippen molar-refractivity contribution in [1.82, 2.24) is 0 Å². The molecule has 0 aliphatic heterocycles. The average Bonchev–Trinajstić information content (AvgIpc) is 3.36. The molecule has 3 heteroatoms. The van der Waals surface area contributed by atoms with E-state index in [1.54, 1.807) is 6.08 Å². The number of hydrogen-bond donors (Lipinski definition) is 0. The molecular formula is C30H22OS2. The van der Waals surface area contributed by atoms with E-state index < -0.39 is 0 Å². The van der Waals surface area contributed by atoms with Gasteiger partial charge in [0.1, 0.15) is 11.5 Å². The van der Waals surface area contributed by atoms with E-state index in [0.29, 0.717) is 5.76 Å². The highest BCUT2D eigenvalue weighted by atomic mass is 32.1. The molecule has 0 saturated heterocycles. The van der Waals surface area contributed by atoms with Gasteiger partial charge in [0.2, 0.25) is 0 Å². The molecule has 0 radical (unpaired) electrons. The SMILES string of the molecule is C=C/C(=C\C=C/C)Oc1ccc(C#Cc2ccc3c(c2)sc2c4ccc(C)cc4sc32)cc1. The summed E-state index contributed by atoms with van der Waals surface area (Å²) in [6.07, 6.45) is 7.46. The van der Waals surface area contributed by atoms with Crippen molar-refractivity contribution >= 4 is 52.2 Å². The zero-order valence-corrected chi connectivity index (χ0v) is 20.1. The predicted octanol–water partition coefficient (Wildman–Crippen LogP) is 9.00. The van der Waals surface area contributed by atoms with Crippen LogP contribution < -0.4 is 4.74 Å². The van der Waals surface area contributed by atoms with Gasteiger partial charge in [-0.25, -0.2) is 0 Å². The van der Waals surface area contributed by atoms with Crippen molar-refractivity contribution in [3.8, 4) is 17.6 Å². The summed E-state index contributed by atoms with van der Waals surface area (Å²) in [5.41, 5.74) is 3.29. The van der Waals surface area contributed by atoms with Gasteiger partial charge in [0.25, 0.3) is 0 Å². The van der Waals surface area contributed by atoms with E-state index in [1.807, 2.05) is 72.1 Å². The molecule has 2 heterocycles. The third-order valence-electron chi connectivity index (χ3n) is 5.33. The minimum absolute atomic E-state index is 0.707. The normalized spacial score (nSPS) is 11.9. The van der Waals surface area contributed by atoms with Crippen molar-refractivity contribution in [3.63, 3.8) is 0 Å². The topological polar surface area (TPSA) is 9.23 Å². The van der Waals surface area contributed by atoms with Crippen molar-refractivity contribution in [3.05, 3.63) is 114 Å². The van der Waals surface area contributed by atoms with Crippen LogP contribution in [-0.2, 0) is 0 Å². The molecule has 0 aliphatic rings. The number of rotatable bonds is 4. The first-order chi connectivity index (χ1) is 16.1. The molecule has 33 heavy (non-hydrogen) atoms. The van der Waals surface area contributed by atoms with Crippen LogP contribution in [0.4, 0.5) is 0 Å². The number of fused-ring (bicyclic) bond motifs is 5. The number of benzene rings is 3. The van der Waals surface area contributed by atoms with Crippen LogP contribution in [0.2, 0.25) is 0 Å². The fraction of sp³-hybridized carbons (Fsp3) is 0.0667. The average molecular weight is 463 g/mol. The molecule has 5 rings (SSSR count). The molecule has 3 aromatic carbocycles. The van der Waals surface area contributed by atoms with Crippen LogP contribution >= 0.6 is 22.7 Å². The molecular weight excluding hydrogens is 440 g/mol. The second-order valence-corrected chi connectivity index (χ2v) is 9.85. The summed E-state index contributed by atoms with van der Waals surface area (Å²) in [7, 11) is 0. The fourth-order valence-corrected chi connectivity index (χ4v) is 6.45. The van der Waals surface area contributed by atoms with Gasteiger partial charge in [-0.15, -0.1) is 22.7 Å². The lowest BCUT2D eigenvalue weighted by Crippen LogP contribution is -1.91. The lowest BCUT2D eigenvalue weighted by molar-refractivity contribution is 0.445. The largest absolute Gasteiger partial charge is 0.457 e. The number of aryl methyl sites for hydroxylation is 1. The lowest BCUT2D eigenvalue weighted by atomic mass is 10.1. The van der Waals surface area contributed by atoms with Crippen LogP contribution in [0.25, 0.3) is 29.6 Å². The standard InChI is InChI=1S/C30H22OS2/c1-4-6-7-23(5-2)31-24-14-11-21(12-15-24)9-10-22-13-17-26-28(19-22)33-29-25-16-8-20(3)18-27(25)32-30(26)29/h4-8,11-19H,2H2,1,3H3/b6-4-,23-7+. The van der Waals surface area contributed by atoms with Crippen molar-refractivity contribution in [1.29, 1.82) is 0 Å². The number of thiophene rings is 2. The minimum atomic E-state index is 0.707. The third kappa shape index (κ3) is 4.36. The van der Waals surface area contributed by atoms with Gasteiger partial charge in [0, 0.05) is 31.3 Å². The predicted molar refractivity (Wildman–Crippen MR) is 146 cm³/mol. The molecule has 0 amide bonds. The van der Waals surface area contributed by atoms with Gasteiger partial charge in [-0.05, 0) is 74.0 Å². The molecule has 0 unspecified atom stereocenters. The van der Waals surface area contributed by atoms with Crippen molar-refractivity contribution in [2.24, 2.45) is 0 Å². The Bertz CT molecular complexity index is 1610. The van der Waals surface area contributed by atoms with Crippen molar-refractivity contribution in [2.45, 2.75) is 13.8 Å². The van der Waals surface area contributed by atoms with Gasteiger partial charge in [-0.3, -0.25) is 0 Å². The lowest BCUT2D eigenvalue weighted by Gasteiger charge is -2.05. The number of allylic oxidation sites excluding steroid dienone is 4. The fourth-order valence-electron chi connectivity index (χ4n) is 3.66. The quantitative estimate of drug-likeness (QED) is 0.147. The van der Waals surface area contributed by atoms with E-state index in [4.69, 9.17) is 4.74 Å². The van der Waals surface area contributed by atoms with Crippen LogP contribution in [0.3, 0.4) is 0 Å². The first-order valence-electron chi connectivity index (χ1n) is 10.8. The van der Waals surface area contributed by atoms with Gasteiger partial charge in [0.05, 0.1) is 9.40 Å². The van der Waals surface area contributed by atoms with Gasteiger partial charge < -0.3 is 4.74 Å². The van der Waals surface area contributed by atoms with Crippen molar-refractivity contribution < 1.29 is 4.74 Å². The van der Waals surface area contributed by atoms with Crippen LogP contribution in [0.5, 0.6) is 5.75 Å². The molecule has 0 fully saturated rings. The molecule has 0 N–H and O–H groups in total. The van der Waals surface area contributed by atoms with E-state index in [1.165, 1.54) is 35.1 Å². The molecule has 0 bridgehead atoms. The molecule has 0 aliphatic carbocycles. The first-order valence-corrected chi connectivity index (χ1v) is 12.4. The van der Waals surface area contributed by atoms with Crippen LogP contribution in [0.1, 0.15) is 23.6 Å². The van der Waals surface area contributed by atoms with Gasteiger partial charge in [-0.1, -0.05) is 48.8 Å². The molecule has 0 spiro atoms. The third-order valence-corrected chi connectivity index (χ3v) is 7.83. The monoisotopic (exact) mass is 462 g/mol.